The molecule has 0 aliphatic rings. The molecule has 0 spiro atoms. The lowest BCUT2D eigenvalue weighted by molar-refractivity contribution is 1.23. The maximum absolute atomic E-state index is 4.29. The molecule has 4 nitrogen and oxygen atoms in total. The van der Waals surface area contributed by atoms with Gasteiger partial charge in [0.1, 0.15) is 11.3 Å². The maximum atomic E-state index is 4.29. The van der Waals surface area contributed by atoms with Crippen LogP contribution in [0.4, 0.5) is 5.82 Å². The molecule has 6 heteroatoms. The third-order valence-electron chi connectivity index (χ3n) is 1.56. The summed E-state index contributed by atoms with van der Waals surface area (Å²) >= 11 is 0. The molecule has 2 unspecified atom stereocenters. The quantitative estimate of drug-likeness (QED) is 0.701. The van der Waals surface area contributed by atoms with E-state index >= 15 is 0 Å². The molecule has 0 bridgehead atoms. The maximum Gasteiger partial charge on any atom is 0.161 e. The van der Waals surface area contributed by atoms with Gasteiger partial charge in [-0.05, 0) is 24.8 Å². The minimum Gasteiger partial charge on any atom is -0.353 e. The average molecular weight is 198 g/mol. The standard InChI is InChI=1S/C6H8N4P2/c11-9-5-3-7-6-4(8-5)1-2-10(6)12/h1-3H,11-12H2,(H,8,9). The van der Waals surface area contributed by atoms with Gasteiger partial charge in [0.05, 0.1) is 6.20 Å². The molecule has 0 aliphatic carbocycles. The third-order valence-corrected chi connectivity index (χ3v) is 2.28. The summed E-state index contributed by atoms with van der Waals surface area (Å²) in [4.78, 5) is 8.50. The number of fused-ring (bicyclic) bond motifs is 1. The van der Waals surface area contributed by atoms with Crippen molar-refractivity contribution in [2.75, 3.05) is 5.09 Å². The van der Waals surface area contributed by atoms with Crippen molar-refractivity contribution in [1.82, 2.24) is 14.3 Å². The van der Waals surface area contributed by atoms with E-state index in [4.69, 9.17) is 0 Å². The van der Waals surface area contributed by atoms with E-state index in [9.17, 15) is 0 Å². The molecule has 0 fully saturated rings. The zero-order chi connectivity index (χ0) is 8.55. The number of nitrogens with one attached hydrogen (secondary N) is 1. The second-order valence-corrected chi connectivity index (χ2v) is 3.18. The highest BCUT2D eigenvalue weighted by Gasteiger charge is 2.00. The summed E-state index contributed by atoms with van der Waals surface area (Å²) in [5.41, 5.74) is 1.75. The van der Waals surface area contributed by atoms with Crippen molar-refractivity contribution in [3.63, 3.8) is 0 Å². The summed E-state index contributed by atoms with van der Waals surface area (Å²) in [6.07, 6.45) is 3.60. The van der Waals surface area contributed by atoms with E-state index in [1.54, 1.807) is 6.20 Å². The second-order valence-electron chi connectivity index (χ2n) is 2.33. The lowest BCUT2D eigenvalue weighted by Crippen LogP contribution is -1.88. The minimum absolute atomic E-state index is 0.753. The molecule has 0 saturated carbocycles. The summed E-state index contributed by atoms with van der Waals surface area (Å²) in [5, 5.41) is 2.86. The summed E-state index contributed by atoms with van der Waals surface area (Å²) in [6, 6.07) is 1.92. The Hall–Kier alpha value is -0.720. The normalized spacial score (nSPS) is 10.5. The predicted octanol–water partition coefficient (Wildman–Crippen LogP) is 1.27. The van der Waals surface area contributed by atoms with E-state index in [2.05, 4.69) is 33.8 Å². The molecule has 2 rings (SSSR count). The SMILES string of the molecule is PNc1cnc2c(ccn2P)n1. The Morgan fingerprint density at radius 1 is 1.50 bits per heavy atom. The van der Waals surface area contributed by atoms with Gasteiger partial charge in [-0.25, -0.2) is 9.97 Å². The van der Waals surface area contributed by atoms with Gasteiger partial charge in [0, 0.05) is 6.20 Å². The van der Waals surface area contributed by atoms with Crippen LogP contribution in [0.1, 0.15) is 0 Å². The van der Waals surface area contributed by atoms with E-state index < -0.39 is 0 Å². The first-order valence-electron chi connectivity index (χ1n) is 3.37. The van der Waals surface area contributed by atoms with Crippen LogP contribution in [-0.2, 0) is 0 Å². The van der Waals surface area contributed by atoms with Crippen LogP contribution in [0.25, 0.3) is 11.2 Å². The van der Waals surface area contributed by atoms with Crippen molar-refractivity contribution in [3.05, 3.63) is 18.5 Å². The van der Waals surface area contributed by atoms with Gasteiger partial charge >= 0.3 is 0 Å². The number of nitrogens with zero attached hydrogens (tertiary/aromatic N) is 3. The first kappa shape index (κ1) is 7.90. The first-order chi connectivity index (χ1) is 5.81. The molecule has 2 aromatic heterocycles. The Labute approximate surface area is 74.3 Å². The molecule has 2 heterocycles. The Kier molecular flexibility index (Phi) is 1.95. The summed E-state index contributed by atoms with van der Waals surface area (Å²) in [6.45, 7) is 0. The van der Waals surface area contributed by atoms with Crippen molar-refractivity contribution in [2.24, 2.45) is 0 Å². The highest BCUT2D eigenvalue weighted by atomic mass is 31.0. The van der Waals surface area contributed by atoms with Crippen LogP contribution in [-0.4, -0.2) is 14.3 Å². The molecule has 1 N–H and O–H groups in total. The zero-order valence-electron chi connectivity index (χ0n) is 6.23. The van der Waals surface area contributed by atoms with Crippen LogP contribution in [0, 0.1) is 0 Å². The van der Waals surface area contributed by atoms with E-state index in [1.165, 1.54) is 0 Å². The molecule has 0 aromatic carbocycles. The predicted molar refractivity (Wildman–Crippen MR) is 56.0 cm³/mol. The molecule has 2 atom stereocenters. The monoisotopic (exact) mass is 198 g/mol. The topological polar surface area (TPSA) is 42.7 Å². The van der Waals surface area contributed by atoms with E-state index in [-0.39, 0.29) is 0 Å². The summed E-state index contributed by atoms with van der Waals surface area (Å²) in [7, 11) is 4.94. The molecule has 2 aromatic rings. The fourth-order valence-electron chi connectivity index (χ4n) is 0.999. The summed E-state index contributed by atoms with van der Waals surface area (Å²) in [5.74, 6) is 0.753. The Morgan fingerprint density at radius 2 is 2.33 bits per heavy atom. The molecule has 12 heavy (non-hydrogen) atoms. The highest BCUT2D eigenvalue weighted by molar-refractivity contribution is 7.18. The van der Waals surface area contributed by atoms with Crippen molar-refractivity contribution >= 4 is 35.8 Å². The van der Waals surface area contributed by atoms with Crippen LogP contribution in [0.3, 0.4) is 0 Å². The second kappa shape index (κ2) is 2.96. The molecule has 0 saturated heterocycles. The van der Waals surface area contributed by atoms with Gasteiger partial charge in [-0.1, -0.05) is 0 Å². The van der Waals surface area contributed by atoms with Gasteiger partial charge < -0.3 is 9.42 Å². The Balaban J connectivity index is 2.69. The highest BCUT2D eigenvalue weighted by Crippen LogP contribution is 2.15. The average Bonchev–Trinajstić information content (AvgIpc) is 2.47. The molecule has 0 aliphatic heterocycles. The van der Waals surface area contributed by atoms with Gasteiger partial charge in [-0.3, -0.25) is 0 Å². The lowest BCUT2D eigenvalue weighted by atomic mass is 10.5. The molecular formula is C6H8N4P2. The number of aromatic nitrogens is 3. The lowest BCUT2D eigenvalue weighted by Gasteiger charge is -1.97. The largest absolute Gasteiger partial charge is 0.353 e. The number of hydrogen-bond donors (Lipinski definition) is 1. The van der Waals surface area contributed by atoms with E-state index in [1.807, 2.05) is 16.6 Å². The van der Waals surface area contributed by atoms with Crippen LogP contribution in [0.5, 0.6) is 0 Å². The van der Waals surface area contributed by atoms with Crippen molar-refractivity contribution < 1.29 is 0 Å². The van der Waals surface area contributed by atoms with Crippen LogP contribution >= 0.6 is 18.8 Å². The smallest absolute Gasteiger partial charge is 0.161 e. The van der Waals surface area contributed by atoms with Gasteiger partial charge in [-0.2, -0.15) is 0 Å². The number of anilines is 1. The van der Waals surface area contributed by atoms with Crippen molar-refractivity contribution in [1.29, 1.82) is 0 Å². The fourth-order valence-corrected chi connectivity index (χ4v) is 1.42. The molecular weight excluding hydrogens is 190 g/mol. The van der Waals surface area contributed by atoms with Gasteiger partial charge in [0.2, 0.25) is 0 Å². The van der Waals surface area contributed by atoms with Crippen LogP contribution in [0.2, 0.25) is 0 Å². The first-order valence-corrected chi connectivity index (χ1v) is 4.46. The fraction of sp³-hybridized carbons (Fsp3) is 0. The van der Waals surface area contributed by atoms with E-state index in [0.717, 1.165) is 17.0 Å². The Bertz CT molecular complexity index is 411. The van der Waals surface area contributed by atoms with Crippen molar-refractivity contribution in [2.45, 2.75) is 0 Å². The van der Waals surface area contributed by atoms with Crippen molar-refractivity contribution in [3.8, 4) is 0 Å². The van der Waals surface area contributed by atoms with E-state index in [0.29, 0.717) is 0 Å². The Morgan fingerprint density at radius 3 is 3.08 bits per heavy atom. The van der Waals surface area contributed by atoms with Gasteiger partial charge in [0.25, 0.3) is 0 Å². The van der Waals surface area contributed by atoms with Crippen LogP contribution in [0.15, 0.2) is 18.5 Å². The minimum atomic E-state index is 0.753. The number of rotatable bonds is 1. The molecule has 0 radical (unpaired) electrons. The van der Waals surface area contributed by atoms with Gasteiger partial charge in [0.15, 0.2) is 5.65 Å². The molecule has 62 valence electrons. The summed E-state index contributed by atoms with van der Waals surface area (Å²) < 4.78 is 1.86. The zero-order valence-corrected chi connectivity index (χ0v) is 8.54. The number of hydrogen-bond acceptors (Lipinski definition) is 3. The molecule has 0 amide bonds. The van der Waals surface area contributed by atoms with Crippen LogP contribution < -0.4 is 5.09 Å². The third kappa shape index (κ3) is 1.17. The van der Waals surface area contributed by atoms with Gasteiger partial charge in [-0.15, -0.1) is 0 Å².